The van der Waals surface area contributed by atoms with Crippen LogP contribution in [0.2, 0.25) is 20.0 Å². The third-order valence-corrected chi connectivity index (χ3v) is 6.08. The summed E-state index contributed by atoms with van der Waals surface area (Å²) in [5.41, 5.74) is 3.16. The highest BCUT2D eigenvalue weighted by atomic mass is 16.1. The Balaban J connectivity index is 1.77. The Morgan fingerprint density at radius 3 is 2.05 bits per heavy atom. The molecule has 0 amide bonds. The summed E-state index contributed by atoms with van der Waals surface area (Å²) < 4.78 is 0. The summed E-state index contributed by atoms with van der Waals surface area (Å²) in [7, 11) is 4.17. The largest absolute Gasteiger partial charge is 0.300 e. The molecule has 1 aromatic rings. The fourth-order valence-electron chi connectivity index (χ4n) is 4.47. The van der Waals surface area contributed by atoms with Crippen LogP contribution in [0.4, 0.5) is 0 Å². The van der Waals surface area contributed by atoms with Gasteiger partial charge in [0.25, 0.3) is 0 Å². The van der Waals surface area contributed by atoms with E-state index in [1.165, 1.54) is 30.3 Å². The number of carbonyl (C=O) groups is 1. The Bertz CT molecular complexity index is 496. The highest BCUT2D eigenvalue weighted by molar-refractivity contribution is 6.51. The third kappa shape index (κ3) is 2.49. The van der Waals surface area contributed by atoms with Gasteiger partial charge in [0.1, 0.15) is 20.3 Å². The maximum absolute atomic E-state index is 12.5. The summed E-state index contributed by atoms with van der Waals surface area (Å²) in [6.07, 6.45) is 7.53. The minimum absolute atomic E-state index is 0.0192. The van der Waals surface area contributed by atoms with Gasteiger partial charge in [0.05, 0.1) is 0 Å². The van der Waals surface area contributed by atoms with Gasteiger partial charge in [0, 0.05) is 5.41 Å². The molecule has 0 saturated heterocycles. The number of ketones is 1. The molecule has 2 radical (unpaired) electrons. The van der Waals surface area contributed by atoms with E-state index in [4.69, 9.17) is 0 Å². The van der Waals surface area contributed by atoms with Gasteiger partial charge in [-0.2, -0.15) is 0 Å². The van der Waals surface area contributed by atoms with E-state index < -0.39 is 0 Å². The second kappa shape index (κ2) is 5.66. The number of hydrogen-bond donors (Lipinski definition) is 0. The second-order valence-corrected chi connectivity index (χ2v) is 7.01. The van der Waals surface area contributed by atoms with E-state index in [0.717, 1.165) is 19.3 Å². The molecule has 3 aliphatic carbocycles. The van der Waals surface area contributed by atoms with E-state index >= 15 is 0 Å². The number of Topliss-reactive ketones (excluding diaryl/α,β-unsaturated/α-hetero) is 1. The molecule has 1 aromatic carbocycles. The fraction of sp³-hybridized carbons (Fsp3) is 0.611. The van der Waals surface area contributed by atoms with Crippen molar-refractivity contribution in [2.45, 2.75) is 63.9 Å². The van der Waals surface area contributed by atoms with E-state index in [-0.39, 0.29) is 5.41 Å². The molecule has 21 heavy (non-hydrogen) atoms. The van der Waals surface area contributed by atoms with Crippen molar-refractivity contribution in [3.63, 3.8) is 0 Å². The zero-order chi connectivity index (χ0) is 14.9. The Morgan fingerprint density at radius 2 is 1.57 bits per heavy atom. The summed E-state index contributed by atoms with van der Waals surface area (Å²) in [6.45, 7) is 4.08. The van der Waals surface area contributed by atoms with Crippen molar-refractivity contribution in [1.29, 1.82) is 0 Å². The van der Waals surface area contributed by atoms with Gasteiger partial charge in [0.15, 0.2) is 0 Å². The van der Waals surface area contributed by atoms with Crippen LogP contribution in [-0.2, 0) is 10.2 Å². The zero-order valence-corrected chi connectivity index (χ0v) is 13.3. The molecule has 2 bridgehead atoms. The number of carbonyl (C=O) groups excluding carboxylic acids is 1. The molecule has 1 nitrogen and oxygen atoms in total. The lowest BCUT2D eigenvalue weighted by atomic mass is 9.49. The minimum Gasteiger partial charge on any atom is -0.300 e. The third-order valence-electron chi connectivity index (χ3n) is 6.08. The van der Waals surface area contributed by atoms with Gasteiger partial charge in [0.2, 0.25) is 0 Å². The molecular formula is C18H24B2O. The predicted molar refractivity (Wildman–Crippen MR) is 90.9 cm³/mol. The normalized spacial score (nSPS) is 31.0. The van der Waals surface area contributed by atoms with Gasteiger partial charge < -0.3 is 0 Å². The van der Waals surface area contributed by atoms with Crippen molar-refractivity contribution in [1.82, 2.24) is 0 Å². The van der Waals surface area contributed by atoms with Crippen LogP contribution < -0.4 is 5.46 Å². The fourth-order valence-corrected chi connectivity index (χ4v) is 4.47. The predicted octanol–water partition coefficient (Wildman–Crippen LogP) is 3.40. The molecule has 0 heterocycles. The average molecular weight is 278 g/mol. The van der Waals surface area contributed by atoms with Crippen molar-refractivity contribution in [3.05, 3.63) is 29.8 Å². The van der Waals surface area contributed by atoms with Crippen molar-refractivity contribution in [3.8, 4) is 0 Å². The van der Waals surface area contributed by atoms with E-state index in [9.17, 15) is 4.79 Å². The molecule has 3 fully saturated rings. The molecule has 0 atom stereocenters. The lowest BCUT2D eigenvalue weighted by Crippen LogP contribution is -2.48. The molecule has 0 unspecified atom stereocenters. The Morgan fingerprint density at radius 1 is 1.00 bits per heavy atom. The number of fused-ring (bicyclic) bond motifs is 3. The van der Waals surface area contributed by atoms with Crippen LogP contribution in [0.3, 0.4) is 0 Å². The van der Waals surface area contributed by atoms with Crippen molar-refractivity contribution in [2.75, 3.05) is 0 Å². The van der Waals surface area contributed by atoms with Crippen molar-refractivity contribution < 1.29 is 4.79 Å². The van der Waals surface area contributed by atoms with Gasteiger partial charge in [-0.15, -0.1) is 0 Å². The Labute approximate surface area is 130 Å². The number of rotatable bonds is 5. The maximum Gasteiger partial charge on any atom is 0.148 e. The Hall–Kier alpha value is -0.980. The molecule has 0 N–H and O–H groups in total. The summed E-state index contributed by atoms with van der Waals surface area (Å²) in [6, 6.07) is 9.10. The van der Waals surface area contributed by atoms with Crippen LogP contribution in [0, 0.1) is 5.41 Å². The first-order valence-electron chi connectivity index (χ1n) is 8.35. The summed E-state index contributed by atoms with van der Waals surface area (Å²) in [5, 5.41) is 0. The van der Waals surface area contributed by atoms with E-state index in [2.05, 4.69) is 38.4 Å². The van der Waals surface area contributed by atoms with Gasteiger partial charge in [-0.1, -0.05) is 43.4 Å². The number of benzene rings is 1. The van der Waals surface area contributed by atoms with Gasteiger partial charge in [-0.05, 0) is 55.8 Å². The molecule has 0 spiro atoms. The van der Waals surface area contributed by atoms with Crippen molar-refractivity contribution >= 4 is 25.8 Å². The molecule has 0 aliphatic heterocycles. The van der Waals surface area contributed by atoms with E-state index in [0.29, 0.717) is 17.5 Å². The van der Waals surface area contributed by atoms with Crippen molar-refractivity contribution in [2.24, 2.45) is 5.41 Å². The molecule has 3 aliphatic rings. The summed E-state index contributed by atoms with van der Waals surface area (Å²) in [4.78, 5) is 12.5. The first-order chi connectivity index (χ1) is 10.1. The van der Waals surface area contributed by atoms with Crippen LogP contribution in [0.15, 0.2) is 24.3 Å². The highest BCUT2D eigenvalue weighted by Gasteiger charge is 2.51. The maximum atomic E-state index is 12.5. The quantitative estimate of drug-likeness (QED) is 0.754. The number of hydrogen-bond acceptors (Lipinski definition) is 1. The van der Waals surface area contributed by atoms with Crippen LogP contribution in [0.5, 0.6) is 0 Å². The topological polar surface area (TPSA) is 17.1 Å². The molecule has 3 heteroatoms. The van der Waals surface area contributed by atoms with Crippen LogP contribution >= 0.6 is 0 Å². The minimum atomic E-state index is 0.0192. The smallest absolute Gasteiger partial charge is 0.148 e. The van der Waals surface area contributed by atoms with Crippen LogP contribution in [-0.4, -0.2) is 20.3 Å². The van der Waals surface area contributed by atoms with Crippen LogP contribution in [0.1, 0.15) is 44.1 Å². The molecule has 4 rings (SSSR count). The average Bonchev–Trinajstić information content (AvgIpc) is 2.57. The highest BCUT2D eigenvalue weighted by Crippen LogP contribution is 2.58. The Kier molecular flexibility index (Phi) is 4.03. The first-order valence-corrected chi connectivity index (χ1v) is 8.35. The molecule has 108 valence electrons. The lowest BCUT2D eigenvalue weighted by Gasteiger charge is -2.53. The SMILES string of the molecule is C[B]CC(=O)C12CCC(c3ccc([B]C)cc3)(CC1)CC2. The molecule has 3 saturated carbocycles. The molecule has 0 aromatic heterocycles. The molecular weight excluding hydrogens is 254 g/mol. The first kappa shape index (κ1) is 14.9. The van der Waals surface area contributed by atoms with Gasteiger partial charge >= 0.3 is 0 Å². The summed E-state index contributed by atoms with van der Waals surface area (Å²) in [5.74, 6) is 0.495. The standard InChI is InChI=1S/C18H24B2O/c1-19-13-16(21)18-10-7-17(8-11-18,9-12-18)14-3-5-15(20-2)6-4-14/h3-6H,7-13H2,1-2H3. The lowest BCUT2D eigenvalue weighted by molar-refractivity contribution is -0.133. The zero-order valence-electron chi connectivity index (χ0n) is 13.3. The summed E-state index contributed by atoms with van der Waals surface area (Å²) >= 11 is 0. The van der Waals surface area contributed by atoms with Gasteiger partial charge in [-0.3, -0.25) is 4.79 Å². The van der Waals surface area contributed by atoms with E-state index in [1.807, 2.05) is 14.1 Å². The van der Waals surface area contributed by atoms with Crippen LogP contribution in [0.25, 0.3) is 0 Å². The van der Waals surface area contributed by atoms with Gasteiger partial charge in [-0.25, -0.2) is 0 Å². The van der Waals surface area contributed by atoms with E-state index in [1.54, 1.807) is 0 Å². The monoisotopic (exact) mass is 278 g/mol. The second-order valence-electron chi connectivity index (χ2n) is 7.01.